The molecule has 10 heteroatoms. The zero-order chi connectivity index (χ0) is 20.6. The average Bonchev–Trinajstić information content (AvgIpc) is 2.57. The van der Waals surface area contributed by atoms with Gasteiger partial charge in [0.2, 0.25) is 0 Å². The Kier molecular flexibility index (Phi) is 13.1. The summed E-state index contributed by atoms with van der Waals surface area (Å²) < 4.78 is 4.80. The predicted octanol–water partition coefficient (Wildman–Crippen LogP) is 5.25. The van der Waals surface area contributed by atoms with Crippen molar-refractivity contribution in [3.05, 3.63) is 67.7 Å². The predicted molar refractivity (Wildman–Crippen MR) is 115 cm³/mol. The zero-order valence-corrected chi connectivity index (χ0v) is 15.7. The van der Waals surface area contributed by atoms with E-state index in [4.69, 9.17) is 38.8 Å². The minimum Gasteiger partial charge on any atom is -0.478 e. The lowest BCUT2D eigenvalue weighted by Crippen LogP contribution is -2.07. The van der Waals surface area contributed by atoms with Gasteiger partial charge in [0.05, 0.1) is 28.5 Å². The molecule has 0 amide bonds. The molecule has 2 rings (SSSR count). The van der Waals surface area contributed by atoms with E-state index in [0.717, 1.165) is 23.8 Å². The van der Waals surface area contributed by atoms with Gasteiger partial charge in [0.25, 0.3) is 5.69 Å². The van der Waals surface area contributed by atoms with E-state index in [1.165, 1.54) is 0 Å². The summed E-state index contributed by atoms with van der Waals surface area (Å²) in [6.45, 7) is 2.15. The molecule has 3 N–H and O–H groups in total. The number of carboxylic acids is 1. The van der Waals surface area contributed by atoms with E-state index in [0.29, 0.717) is 17.3 Å². The third-order valence-electron chi connectivity index (χ3n) is 3.11. The minimum absolute atomic E-state index is 0. The minimum atomic E-state index is -1.21. The monoisotopic (exact) mass is 446 g/mol. The molecule has 0 unspecified atom stereocenters. The highest BCUT2D eigenvalue weighted by molar-refractivity contribution is 6.33. The number of halogens is 2. The normalized spacial score (nSPS) is 9.07. The Hall–Kier alpha value is -2.84. The van der Waals surface area contributed by atoms with Crippen LogP contribution in [0.3, 0.4) is 0 Å². The quantitative estimate of drug-likeness (QED) is 0.277. The molecule has 160 valence electrons. The highest BCUT2D eigenvalue weighted by Gasteiger charge is 2.13. The molecule has 0 heterocycles. The fraction of sp³-hybridized carbons (Fsp3) is 0.263. The fourth-order valence-corrected chi connectivity index (χ4v) is 2.38. The summed E-state index contributed by atoms with van der Waals surface area (Å²) in [7, 11) is 0. The van der Waals surface area contributed by atoms with E-state index in [1.807, 2.05) is 0 Å². The number of carbonyl (C=O) groups is 2. The van der Waals surface area contributed by atoms with E-state index in [9.17, 15) is 19.7 Å². The summed E-state index contributed by atoms with van der Waals surface area (Å²) in [5.74, 6) is -1.49. The second kappa shape index (κ2) is 13.4. The summed E-state index contributed by atoms with van der Waals surface area (Å²) in [5, 5.41) is 19.1. The van der Waals surface area contributed by atoms with Crippen LogP contribution in [0.5, 0.6) is 0 Å². The van der Waals surface area contributed by atoms with Gasteiger partial charge in [-0.25, -0.2) is 4.79 Å². The second-order valence-electron chi connectivity index (χ2n) is 5.06. The Labute approximate surface area is 179 Å². The van der Waals surface area contributed by atoms with Crippen LogP contribution in [-0.2, 0) is 16.0 Å². The van der Waals surface area contributed by atoms with Crippen molar-refractivity contribution in [1.29, 1.82) is 0 Å². The smallest absolute Gasteiger partial charge is 0.337 e. The molecule has 2 aromatic rings. The van der Waals surface area contributed by atoms with Crippen molar-refractivity contribution in [3.63, 3.8) is 0 Å². The average molecular weight is 447 g/mol. The molecule has 0 saturated carbocycles. The van der Waals surface area contributed by atoms with Crippen molar-refractivity contribution >= 4 is 46.5 Å². The number of nitrogens with zero attached hydrogens (tertiary/aromatic N) is 1. The number of hydrogen-bond acceptors (Lipinski definition) is 6. The van der Waals surface area contributed by atoms with Crippen molar-refractivity contribution < 1.29 is 24.4 Å². The number of nitro groups is 1. The first-order chi connectivity index (χ1) is 12.6. The number of rotatable bonds is 5. The SMILES string of the molecule is C.C.CCOC(=O)Cc1ccc(N)cc1Cl.O=C(O)c1ccc([N+](=O)[O-])cc1Cl. The van der Waals surface area contributed by atoms with Crippen LogP contribution >= 0.6 is 23.2 Å². The first-order valence-electron chi connectivity index (χ1n) is 7.52. The molecule has 0 aliphatic carbocycles. The Morgan fingerprint density at radius 2 is 1.76 bits per heavy atom. The number of carbonyl (C=O) groups excluding carboxylic acids is 1. The van der Waals surface area contributed by atoms with Gasteiger partial charge < -0.3 is 15.6 Å². The Morgan fingerprint density at radius 3 is 2.21 bits per heavy atom. The van der Waals surface area contributed by atoms with Gasteiger partial charge in [-0.3, -0.25) is 14.9 Å². The number of nitrogens with two attached hydrogens (primary N) is 1. The molecule has 0 saturated heterocycles. The summed E-state index contributed by atoms with van der Waals surface area (Å²) in [6, 6.07) is 8.26. The zero-order valence-electron chi connectivity index (χ0n) is 14.1. The Morgan fingerprint density at radius 1 is 1.14 bits per heavy atom. The number of non-ortho nitro benzene ring substituents is 1. The number of ether oxygens (including phenoxy) is 1. The number of nitrogen functional groups attached to an aromatic ring is 1. The summed E-state index contributed by atoms with van der Waals surface area (Å²) >= 11 is 11.4. The van der Waals surface area contributed by atoms with E-state index in [1.54, 1.807) is 25.1 Å². The molecule has 0 radical (unpaired) electrons. The van der Waals surface area contributed by atoms with Gasteiger partial charge in [-0.05, 0) is 30.7 Å². The van der Waals surface area contributed by atoms with Gasteiger partial charge in [0, 0.05) is 22.8 Å². The van der Waals surface area contributed by atoms with Gasteiger partial charge >= 0.3 is 11.9 Å². The number of carboxylic acid groups (broad SMARTS) is 1. The van der Waals surface area contributed by atoms with Crippen LogP contribution in [0.4, 0.5) is 11.4 Å². The number of hydrogen-bond donors (Lipinski definition) is 2. The van der Waals surface area contributed by atoms with Crippen molar-refractivity contribution in [2.75, 3.05) is 12.3 Å². The van der Waals surface area contributed by atoms with E-state index in [2.05, 4.69) is 0 Å². The molecule has 0 aliphatic heterocycles. The molecule has 2 aromatic carbocycles. The maximum absolute atomic E-state index is 11.1. The number of anilines is 1. The molecule has 0 aliphatic rings. The molecule has 0 bridgehead atoms. The fourth-order valence-electron chi connectivity index (χ4n) is 1.87. The van der Waals surface area contributed by atoms with E-state index >= 15 is 0 Å². The van der Waals surface area contributed by atoms with Crippen LogP contribution < -0.4 is 5.73 Å². The molecular weight excluding hydrogens is 423 g/mol. The third-order valence-corrected chi connectivity index (χ3v) is 3.78. The van der Waals surface area contributed by atoms with Crippen LogP contribution in [0, 0.1) is 10.1 Å². The standard InChI is InChI=1S/C10H12ClNO2.C7H4ClNO4.2CH4/c1-2-14-10(13)5-7-3-4-8(12)6-9(7)11;8-6-3-4(9(12)13)1-2-5(6)7(10)11;;/h3-4,6H,2,5,12H2,1H3;1-3H,(H,10,11);2*1H4. The van der Waals surface area contributed by atoms with E-state index < -0.39 is 10.9 Å². The molecule has 0 fully saturated rings. The topological polar surface area (TPSA) is 133 Å². The van der Waals surface area contributed by atoms with Crippen molar-refractivity contribution in [2.45, 2.75) is 28.2 Å². The maximum Gasteiger partial charge on any atom is 0.337 e. The highest BCUT2D eigenvalue weighted by atomic mass is 35.5. The lowest BCUT2D eigenvalue weighted by molar-refractivity contribution is -0.384. The van der Waals surface area contributed by atoms with Gasteiger partial charge in [-0.1, -0.05) is 44.1 Å². The van der Waals surface area contributed by atoms with Crippen molar-refractivity contribution in [1.82, 2.24) is 0 Å². The Bertz CT molecular complexity index is 859. The van der Waals surface area contributed by atoms with Gasteiger partial charge in [-0.2, -0.15) is 0 Å². The summed E-state index contributed by atoms with van der Waals surface area (Å²) in [5.41, 5.74) is 6.46. The van der Waals surface area contributed by atoms with Crippen LogP contribution in [0.1, 0.15) is 37.7 Å². The van der Waals surface area contributed by atoms with Gasteiger partial charge in [0.15, 0.2) is 0 Å². The third kappa shape index (κ3) is 9.27. The van der Waals surface area contributed by atoms with Crippen molar-refractivity contribution in [2.24, 2.45) is 0 Å². The van der Waals surface area contributed by atoms with Gasteiger partial charge in [-0.15, -0.1) is 0 Å². The summed E-state index contributed by atoms with van der Waals surface area (Å²) in [6.07, 6.45) is 0.187. The first-order valence-corrected chi connectivity index (χ1v) is 8.28. The van der Waals surface area contributed by atoms with Crippen LogP contribution in [0.2, 0.25) is 10.0 Å². The van der Waals surface area contributed by atoms with Crippen molar-refractivity contribution in [3.8, 4) is 0 Å². The molecule has 8 nitrogen and oxygen atoms in total. The second-order valence-corrected chi connectivity index (χ2v) is 5.87. The molecule has 0 atom stereocenters. The van der Waals surface area contributed by atoms with Gasteiger partial charge in [0.1, 0.15) is 0 Å². The molecule has 0 spiro atoms. The number of nitro benzene ring substituents is 1. The molecular formula is C19H24Cl2N2O6. The highest BCUT2D eigenvalue weighted by Crippen LogP contribution is 2.22. The molecule has 0 aromatic heterocycles. The van der Waals surface area contributed by atoms with Crippen LogP contribution in [0.15, 0.2) is 36.4 Å². The number of esters is 1. The lowest BCUT2D eigenvalue weighted by Gasteiger charge is -2.04. The largest absolute Gasteiger partial charge is 0.478 e. The van der Waals surface area contributed by atoms with Crippen LogP contribution in [0.25, 0.3) is 0 Å². The summed E-state index contributed by atoms with van der Waals surface area (Å²) in [4.78, 5) is 31.2. The first kappa shape index (κ1) is 28.4. The maximum atomic E-state index is 11.1. The Balaban J connectivity index is 0. The van der Waals surface area contributed by atoms with E-state index in [-0.39, 0.29) is 43.5 Å². The van der Waals surface area contributed by atoms with Crippen LogP contribution in [-0.4, -0.2) is 28.6 Å². The number of aromatic carboxylic acids is 1. The lowest BCUT2D eigenvalue weighted by atomic mass is 10.1. The number of benzene rings is 2. The molecule has 29 heavy (non-hydrogen) atoms.